The highest BCUT2D eigenvalue weighted by Crippen LogP contribution is 2.15. The van der Waals surface area contributed by atoms with Crippen LogP contribution in [0.2, 0.25) is 0 Å². The van der Waals surface area contributed by atoms with E-state index in [2.05, 4.69) is 48.3 Å². The van der Waals surface area contributed by atoms with Crippen LogP contribution in [-0.2, 0) is 6.54 Å². The number of rotatable bonds is 3. The lowest BCUT2D eigenvalue weighted by Crippen LogP contribution is -2.46. The minimum atomic E-state index is 0. The predicted molar refractivity (Wildman–Crippen MR) is 96.6 cm³/mol. The Hall–Kier alpha value is -0.780. The zero-order chi connectivity index (χ0) is 13.5. The molecule has 1 heterocycles. The number of nitrogens with zero attached hydrogens (tertiary/aromatic N) is 2. The van der Waals surface area contributed by atoms with Crippen LogP contribution in [0.5, 0.6) is 0 Å². The lowest BCUT2D eigenvalue weighted by atomic mass is 10.0. The molecule has 0 aromatic heterocycles. The number of hydrogen-bond donors (Lipinski definition) is 1. The van der Waals surface area contributed by atoms with Gasteiger partial charge in [-0.25, -0.2) is 4.99 Å². The minimum absolute atomic E-state index is 0. The van der Waals surface area contributed by atoms with Gasteiger partial charge in [0, 0.05) is 19.6 Å². The van der Waals surface area contributed by atoms with Crippen LogP contribution in [0.3, 0.4) is 0 Å². The standard InChI is InChI=1S/C16H25N3.HI/c1-3-17-16(19-11-7-8-14(2)13-19)18-12-15-9-5-4-6-10-15;/h4-6,9-10,14H,3,7-8,11-13H2,1-2H3,(H,17,18);1H. The average Bonchev–Trinajstić information content (AvgIpc) is 2.44. The van der Waals surface area contributed by atoms with Gasteiger partial charge < -0.3 is 10.2 Å². The normalized spacial score (nSPS) is 19.4. The molecule has 2 rings (SSSR count). The van der Waals surface area contributed by atoms with Gasteiger partial charge in [0.15, 0.2) is 5.96 Å². The van der Waals surface area contributed by atoms with Crippen molar-refractivity contribution in [1.29, 1.82) is 0 Å². The molecule has 0 saturated carbocycles. The SMILES string of the molecule is CCNC(=NCc1ccccc1)N1CCCC(C)C1.I. The molecule has 3 nitrogen and oxygen atoms in total. The van der Waals surface area contributed by atoms with Gasteiger partial charge in [0.05, 0.1) is 6.54 Å². The Balaban J connectivity index is 0.00000200. The monoisotopic (exact) mass is 387 g/mol. The molecule has 1 saturated heterocycles. The van der Waals surface area contributed by atoms with E-state index in [1.807, 2.05) is 6.07 Å². The molecule has 1 aromatic rings. The molecule has 1 aliphatic rings. The van der Waals surface area contributed by atoms with E-state index in [-0.39, 0.29) is 24.0 Å². The molecule has 1 fully saturated rings. The topological polar surface area (TPSA) is 27.6 Å². The summed E-state index contributed by atoms with van der Waals surface area (Å²) in [4.78, 5) is 7.18. The number of aliphatic imine (C=N–C) groups is 1. The van der Waals surface area contributed by atoms with Crippen molar-refractivity contribution in [3.63, 3.8) is 0 Å². The number of guanidine groups is 1. The first kappa shape index (κ1) is 17.3. The maximum absolute atomic E-state index is 4.77. The third-order valence-electron chi connectivity index (χ3n) is 3.55. The molecule has 0 spiro atoms. The van der Waals surface area contributed by atoms with E-state index in [4.69, 9.17) is 4.99 Å². The summed E-state index contributed by atoms with van der Waals surface area (Å²) in [6.07, 6.45) is 2.62. The molecule has 4 heteroatoms. The van der Waals surface area contributed by atoms with Gasteiger partial charge in [0.2, 0.25) is 0 Å². The van der Waals surface area contributed by atoms with Crippen molar-refractivity contribution in [3.05, 3.63) is 35.9 Å². The van der Waals surface area contributed by atoms with Crippen molar-refractivity contribution in [3.8, 4) is 0 Å². The van der Waals surface area contributed by atoms with Crippen LogP contribution in [0.25, 0.3) is 0 Å². The third kappa shape index (κ3) is 5.31. The van der Waals surface area contributed by atoms with Gasteiger partial charge in [-0.05, 0) is 31.2 Å². The van der Waals surface area contributed by atoms with E-state index in [0.29, 0.717) is 0 Å². The second-order valence-corrected chi connectivity index (χ2v) is 5.35. The van der Waals surface area contributed by atoms with Crippen molar-refractivity contribution in [1.82, 2.24) is 10.2 Å². The summed E-state index contributed by atoms with van der Waals surface area (Å²) in [6, 6.07) is 10.4. The van der Waals surface area contributed by atoms with Gasteiger partial charge >= 0.3 is 0 Å². The predicted octanol–water partition coefficient (Wildman–Crippen LogP) is 3.50. The van der Waals surface area contributed by atoms with Gasteiger partial charge in [-0.15, -0.1) is 24.0 Å². The first-order valence-electron chi connectivity index (χ1n) is 7.36. The third-order valence-corrected chi connectivity index (χ3v) is 3.55. The molecule has 1 aromatic carbocycles. The Labute approximate surface area is 139 Å². The number of hydrogen-bond acceptors (Lipinski definition) is 1. The van der Waals surface area contributed by atoms with E-state index in [1.54, 1.807) is 0 Å². The summed E-state index contributed by atoms with van der Waals surface area (Å²) in [5.74, 6) is 1.84. The van der Waals surface area contributed by atoms with Crippen molar-refractivity contribution in [2.45, 2.75) is 33.2 Å². The Bertz CT molecular complexity index is 405. The first-order chi connectivity index (χ1) is 9.29. The van der Waals surface area contributed by atoms with Crippen LogP contribution < -0.4 is 5.32 Å². The minimum Gasteiger partial charge on any atom is -0.357 e. The Morgan fingerprint density at radius 3 is 2.75 bits per heavy atom. The average molecular weight is 387 g/mol. The number of halogens is 1. The molecule has 1 atom stereocenters. The summed E-state index contributed by atoms with van der Waals surface area (Å²) < 4.78 is 0. The lowest BCUT2D eigenvalue weighted by Gasteiger charge is -2.33. The van der Waals surface area contributed by atoms with Gasteiger partial charge in [-0.3, -0.25) is 0 Å². The Morgan fingerprint density at radius 2 is 2.10 bits per heavy atom. The largest absolute Gasteiger partial charge is 0.357 e. The highest BCUT2D eigenvalue weighted by Gasteiger charge is 2.18. The van der Waals surface area contributed by atoms with E-state index >= 15 is 0 Å². The summed E-state index contributed by atoms with van der Waals surface area (Å²) in [7, 11) is 0. The van der Waals surface area contributed by atoms with Crippen LogP contribution in [0.4, 0.5) is 0 Å². The molecule has 0 radical (unpaired) electrons. The van der Waals surface area contributed by atoms with Crippen LogP contribution >= 0.6 is 24.0 Å². The highest BCUT2D eigenvalue weighted by atomic mass is 127. The van der Waals surface area contributed by atoms with E-state index in [1.165, 1.54) is 18.4 Å². The van der Waals surface area contributed by atoms with Gasteiger partial charge in [-0.2, -0.15) is 0 Å². The van der Waals surface area contributed by atoms with Gasteiger partial charge in [0.25, 0.3) is 0 Å². The zero-order valence-electron chi connectivity index (χ0n) is 12.5. The van der Waals surface area contributed by atoms with Gasteiger partial charge in [0.1, 0.15) is 0 Å². The molecule has 0 amide bonds. The lowest BCUT2D eigenvalue weighted by molar-refractivity contribution is 0.266. The van der Waals surface area contributed by atoms with E-state index < -0.39 is 0 Å². The van der Waals surface area contributed by atoms with E-state index in [9.17, 15) is 0 Å². The van der Waals surface area contributed by atoms with Crippen molar-refractivity contribution in [2.24, 2.45) is 10.9 Å². The van der Waals surface area contributed by atoms with Crippen LogP contribution in [0, 0.1) is 5.92 Å². The van der Waals surface area contributed by atoms with E-state index in [0.717, 1.165) is 38.1 Å². The van der Waals surface area contributed by atoms with Crippen LogP contribution in [0.1, 0.15) is 32.3 Å². The molecule has 1 unspecified atom stereocenters. The second-order valence-electron chi connectivity index (χ2n) is 5.35. The fraction of sp³-hybridized carbons (Fsp3) is 0.562. The maximum Gasteiger partial charge on any atom is 0.194 e. The number of piperidine rings is 1. The van der Waals surface area contributed by atoms with Crippen LogP contribution in [0.15, 0.2) is 35.3 Å². The molecule has 20 heavy (non-hydrogen) atoms. The maximum atomic E-state index is 4.77. The second kappa shape index (κ2) is 9.21. The fourth-order valence-electron chi connectivity index (χ4n) is 2.56. The number of likely N-dealkylation sites (tertiary alicyclic amines) is 1. The van der Waals surface area contributed by atoms with Crippen molar-refractivity contribution in [2.75, 3.05) is 19.6 Å². The Kier molecular flexibility index (Phi) is 7.95. The highest BCUT2D eigenvalue weighted by molar-refractivity contribution is 14.0. The molecular weight excluding hydrogens is 361 g/mol. The molecular formula is C16H26IN3. The summed E-state index contributed by atoms with van der Waals surface area (Å²) in [5.41, 5.74) is 1.27. The quantitative estimate of drug-likeness (QED) is 0.489. The molecule has 1 aliphatic heterocycles. The van der Waals surface area contributed by atoms with Crippen molar-refractivity contribution >= 4 is 29.9 Å². The summed E-state index contributed by atoms with van der Waals surface area (Å²) in [5, 5.41) is 3.42. The molecule has 112 valence electrons. The van der Waals surface area contributed by atoms with Crippen LogP contribution in [-0.4, -0.2) is 30.5 Å². The fourth-order valence-corrected chi connectivity index (χ4v) is 2.56. The molecule has 0 bridgehead atoms. The summed E-state index contributed by atoms with van der Waals surface area (Å²) in [6.45, 7) is 8.40. The first-order valence-corrected chi connectivity index (χ1v) is 7.36. The molecule has 1 N–H and O–H groups in total. The number of nitrogens with one attached hydrogen (secondary N) is 1. The summed E-state index contributed by atoms with van der Waals surface area (Å²) >= 11 is 0. The zero-order valence-corrected chi connectivity index (χ0v) is 14.8. The van der Waals surface area contributed by atoms with Crippen molar-refractivity contribution < 1.29 is 0 Å². The Morgan fingerprint density at radius 1 is 1.35 bits per heavy atom. The smallest absolute Gasteiger partial charge is 0.194 e. The number of benzene rings is 1. The molecule has 0 aliphatic carbocycles. The van der Waals surface area contributed by atoms with Gasteiger partial charge in [-0.1, -0.05) is 37.3 Å².